The average Bonchev–Trinajstić information content (AvgIpc) is 2.97. The second-order valence-electron chi connectivity index (χ2n) is 6.59. The van der Waals surface area contributed by atoms with Gasteiger partial charge in [-0.25, -0.2) is 4.98 Å². The fraction of sp³-hybridized carbons (Fsp3) is 0.300. The molecule has 0 spiro atoms. The maximum atomic E-state index is 12.9. The van der Waals surface area contributed by atoms with Crippen LogP contribution in [0.2, 0.25) is 0 Å². The van der Waals surface area contributed by atoms with Crippen molar-refractivity contribution in [2.75, 3.05) is 19.6 Å². The number of rotatable bonds is 2. The summed E-state index contributed by atoms with van der Waals surface area (Å²) in [7, 11) is 0. The van der Waals surface area contributed by atoms with Gasteiger partial charge in [0.15, 0.2) is 0 Å². The summed E-state index contributed by atoms with van der Waals surface area (Å²) in [5.74, 6) is 1.00. The first-order valence-electron chi connectivity index (χ1n) is 8.71. The van der Waals surface area contributed by atoms with Gasteiger partial charge in [-0.2, -0.15) is 0 Å². The van der Waals surface area contributed by atoms with Crippen molar-refractivity contribution in [3.05, 3.63) is 59.9 Å². The standard InChI is InChI=1S/C20H22N4O.2ClH/c1-14-13-21-10-11-23(14)20(25)16-8-9-19-18(12-16)22-15(2)24(19)17-6-4-3-5-7-17;;/h3-9,12,14,21H,10-11,13H2,1-2H3;2*1H/t14-;;/m1../s1. The van der Waals surface area contributed by atoms with E-state index < -0.39 is 0 Å². The molecule has 1 saturated heterocycles. The lowest BCUT2D eigenvalue weighted by molar-refractivity contribution is 0.0656. The molecule has 3 aromatic rings. The van der Waals surface area contributed by atoms with Crippen LogP contribution < -0.4 is 5.32 Å². The van der Waals surface area contributed by atoms with E-state index in [-0.39, 0.29) is 36.8 Å². The van der Waals surface area contributed by atoms with E-state index in [0.29, 0.717) is 5.56 Å². The molecule has 27 heavy (non-hydrogen) atoms. The van der Waals surface area contributed by atoms with Crippen molar-refractivity contribution < 1.29 is 4.79 Å². The normalized spacial score (nSPS) is 16.5. The second-order valence-corrected chi connectivity index (χ2v) is 6.59. The number of aromatic nitrogens is 2. The lowest BCUT2D eigenvalue weighted by Gasteiger charge is -2.34. The van der Waals surface area contributed by atoms with E-state index in [1.165, 1.54) is 0 Å². The molecule has 0 aliphatic carbocycles. The van der Waals surface area contributed by atoms with Gasteiger partial charge in [-0.3, -0.25) is 9.36 Å². The van der Waals surface area contributed by atoms with Crippen LogP contribution in [0.5, 0.6) is 0 Å². The van der Waals surface area contributed by atoms with Gasteiger partial charge in [0.2, 0.25) is 0 Å². The van der Waals surface area contributed by atoms with E-state index in [1.807, 2.05) is 48.2 Å². The number of halogens is 2. The van der Waals surface area contributed by atoms with Crippen LogP contribution in [0.3, 0.4) is 0 Å². The summed E-state index contributed by atoms with van der Waals surface area (Å²) in [6, 6.07) is 16.2. The number of aryl methyl sites for hydroxylation is 1. The lowest BCUT2D eigenvalue weighted by atomic mass is 10.1. The zero-order valence-corrected chi connectivity index (χ0v) is 17.0. The van der Waals surface area contributed by atoms with Crippen LogP contribution in [-0.2, 0) is 0 Å². The Labute approximate surface area is 171 Å². The molecule has 5 nitrogen and oxygen atoms in total. The number of nitrogens with zero attached hydrogens (tertiary/aromatic N) is 3. The number of para-hydroxylation sites is 1. The molecule has 1 aromatic heterocycles. The summed E-state index contributed by atoms with van der Waals surface area (Å²) in [6.07, 6.45) is 0. The van der Waals surface area contributed by atoms with Gasteiger partial charge in [0.25, 0.3) is 5.91 Å². The van der Waals surface area contributed by atoms with Crippen molar-refractivity contribution in [1.82, 2.24) is 19.8 Å². The lowest BCUT2D eigenvalue weighted by Crippen LogP contribution is -2.52. The minimum absolute atomic E-state index is 0. The zero-order chi connectivity index (χ0) is 17.4. The zero-order valence-electron chi connectivity index (χ0n) is 15.4. The third-order valence-corrected chi connectivity index (χ3v) is 4.85. The molecule has 1 fully saturated rings. The maximum Gasteiger partial charge on any atom is 0.254 e. The Morgan fingerprint density at radius 3 is 2.59 bits per heavy atom. The minimum Gasteiger partial charge on any atom is -0.333 e. The van der Waals surface area contributed by atoms with Crippen molar-refractivity contribution in [1.29, 1.82) is 0 Å². The number of fused-ring (bicyclic) bond motifs is 1. The van der Waals surface area contributed by atoms with Crippen molar-refractivity contribution >= 4 is 41.8 Å². The highest BCUT2D eigenvalue weighted by Gasteiger charge is 2.24. The predicted octanol–water partition coefficient (Wildman–Crippen LogP) is 3.61. The molecule has 1 aliphatic heterocycles. The molecule has 0 unspecified atom stereocenters. The molecule has 1 atom stereocenters. The van der Waals surface area contributed by atoms with Gasteiger partial charge in [-0.1, -0.05) is 18.2 Å². The summed E-state index contributed by atoms with van der Waals surface area (Å²) in [4.78, 5) is 19.5. The number of hydrogen-bond donors (Lipinski definition) is 1. The SMILES string of the molecule is Cc1nc2cc(C(=O)N3CCNC[C@H]3C)ccc2n1-c1ccccc1.Cl.Cl. The molecule has 2 aromatic carbocycles. The summed E-state index contributed by atoms with van der Waals surface area (Å²) >= 11 is 0. The first-order valence-corrected chi connectivity index (χ1v) is 8.71. The van der Waals surface area contributed by atoms with Gasteiger partial charge in [-0.05, 0) is 44.2 Å². The largest absolute Gasteiger partial charge is 0.333 e. The smallest absolute Gasteiger partial charge is 0.254 e. The Hall–Kier alpha value is -2.08. The van der Waals surface area contributed by atoms with Crippen molar-refractivity contribution in [2.24, 2.45) is 0 Å². The number of amides is 1. The maximum absolute atomic E-state index is 12.9. The van der Waals surface area contributed by atoms with E-state index >= 15 is 0 Å². The monoisotopic (exact) mass is 406 g/mol. The first-order chi connectivity index (χ1) is 12.1. The number of benzene rings is 2. The van der Waals surface area contributed by atoms with Crippen LogP contribution in [0.1, 0.15) is 23.1 Å². The molecule has 144 valence electrons. The highest BCUT2D eigenvalue weighted by atomic mass is 35.5. The molecular formula is C20H24Cl2N4O. The van der Waals surface area contributed by atoms with Crippen LogP contribution >= 0.6 is 24.8 Å². The van der Waals surface area contributed by atoms with E-state index in [9.17, 15) is 4.79 Å². The highest BCUT2D eigenvalue weighted by Crippen LogP contribution is 2.23. The Bertz CT molecular complexity index is 926. The molecule has 0 bridgehead atoms. The molecule has 1 N–H and O–H groups in total. The fourth-order valence-electron chi connectivity index (χ4n) is 3.55. The Kier molecular flexibility index (Phi) is 6.87. The van der Waals surface area contributed by atoms with Gasteiger partial charge in [0.1, 0.15) is 5.82 Å². The number of carbonyl (C=O) groups excluding carboxylic acids is 1. The summed E-state index contributed by atoms with van der Waals surface area (Å²) in [6.45, 7) is 6.51. The van der Waals surface area contributed by atoms with Crippen LogP contribution in [0.25, 0.3) is 16.7 Å². The quantitative estimate of drug-likeness (QED) is 0.706. The van der Waals surface area contributed by atoms with E-state index in [2.05, 4.69) is 33.9 Å². The van der Waals surface area contributed by atoms with Crippen molar-refractivity contribution in [3.63, 3.8) is 0 Å². The summed E-state index contributed by atoms with van der Waals surface area (Å²) in [5, 5.41) is 3.32. The van der Waals surface area contributed by atoms with Crippen LogP contribution in [-0.4, -0.2) is 46.0 Å². The predicted molar refractivity (Wildman–Crippen MR) is 114 cm³/mol. The van der Waals surface area contributed by atoms with Gasteiger partial charge in [-0.15, -0.1) is 24.8 Å². The number of carbonyl (C=O) groups is 1. The molecule has 2 heterocycles. The topological polar surface area (TPSA) is 50.2 Å². The minimum atomic E-state index is 0. The third-order valence-electron chi connectivity index (χ3n) is 4.85. The number of nitrogens with one attached hydrogen (secondary N) is 1. The molecule has 4 rings (SSSR count). The molecule has 7 heteroatoms. The molecule has 1 amide bonds. The van der Waals surface area contributed by atoms with E-state index in [4.69, 9.17) is 0 Å². The summed E-state index contributed by atoms with van der Waals surface area (Å²) < 4.78 is 2.12. The van der Waals surface area contributed by atoms with Crippen molar-refractivity contribution in [2.45, 2.75) is 19.9 Å². The Balaban J connectivity index is 0.00000131. The Morgan fingerprint density at radius 1 is 1.15 bits per heavy atom. The van der Waals surface area contributed by atoms with E-state index in [0.717, 1.165) is 42.2 Å². The number of hydrogen-bond acceptors (Lipinski definition) is 3. The van der Waals surface area contributed by atoms with Crippen LogP contribution in [0.4, 0.5) is 0 Å². The van der Waals surface area contributed by atoms with Gasteiger partial charge >= 0.3 is 0 Å². The third kappa shape index (κ3) is 3.95. The number of imidazole rings is 1. The number of piperazine rings is 1. The molecule has 0 saturated carbocycles. The van der Waals surface area contributed by atoms with Gasteiger partial charge in [0, 0.05) is 36.9 Å². The molecular weight excluding hydrogens is 383 g/mol. The van der Waals surface area contributed by atoms with E-state index in [1.54, 1.807) is 0 Å². The van der Waals surface area contributed by atoms with Gasteiger partial charge < -0.3 is 10.2 Å². The van der Waals surface area contributed by atoms with Gasteiger partial charge in [0.05, 0.1) is 11.0 Å². The molecule has 0 radical (unpaired) electrons. The first kappa shape index (κ1) is 21.2. The average molecular weight is 407 g/mol. The summed E-state index contributed by atoms with van der Waals surface area (Å²) in [5.41, 5.74) is 3.67. The highest BCUT2D eigenvalue weighted by molar-refractivity contribution is 5.98. The fourth-order valence-corrected chi connectivity index (χ4v) is 3.55. The van der Waals surface area contributed by atoms with Crippen LogP contribution in [0.15, 0.2) is 48.5 Å². The van der Waals surface area contributed by atoms with Crippen LogP contribution in [0, 0.1) is 6.92 Å². The second kappa shape index (κ2) is 8.74. The van der Waals surface area contributed by atoms with Crippen molar-refractivity contribution in [3.8, 4) is 5.69 Å². The Morgan fingerprint density at radius 2 is 1.89 bits per heavy atom. The molecule has 1 aliphatic rings.